The van der Waals surface area contributed by atoms with E-state index in [2.05, 4.69) is 11.1 Å². The van der Waals surface area contributed by atoms with E-state index >= 15 is 0 Å². The van der Waals surface area contributed by atoms with Crippen molar-refractivity contribution >= 4 is 17.2 Å². The standard InChI is InChI=1S/C17H14N4S/c1-21(2)16-9-14(7-8-19-16)17-20-15(11-22-17)13-5-3-12(10-18)4-6-13/h3-9,11H,1-2H3. The average molecular weight is 306 g/mol. The van der Waals surface area contributed by atoms with Gasteiger partial charge in [-0.15, -0.1) is 11.3 Å². The molecule has 0 unspecified atom stereocenters. The lowest BCUT2D eigenvalue weighted by Gasteiger charge is -2.11. The van der Waals surface area contributed by atoms with Gasteiger partial charge in [0, 0.05) is 36.8 Å². The highest BCUT2D eigenvalue weighted by molar-refractivity contribution is 7.13. The van der Waals surface area contributed by atoms with Crippen LogP contribution in [0.1, 0.15) is 5.56 Å². The van der Waals surface area contributed by atoms with Crippen molar-refractivity contribution in [2.24, 2.45) is 0 Å². The number of rotatable bonds is 3. The summed E-state index contributed by atoms with van der Waals surface area (Å²) in [4.78, 5) is 11.0. The van der Waals surface area contributed by atoms with Crippen LogP contribution in [0.2, 0.25) is 0 Å². The molecule has 0 aliphatic heterocycles. The topological polar surface area (TPSA) is 52.8 Å². The van der Waals surface area contributed by atoms with Gasteiger partial charge in [0.15, 0.2) is 0 Å². The number of thiazole rings is 1. The second-order valence-electron chi connectivity index (χ2n) is 5.02. The predicted octanol–water partition coefficient (Wildman–Crippen LogP) is 3.81. The van der Waals surface area contributed by atoms with Crippen LogP contribution in [0.3, 0.4) is 0 Å². The molecule has 1 aromatic carbocycles. The van der Waals surface area contributed by atoms with Crippen LogP contribution >= 0.6 is 11.3 Å². The molecule has 0 amide bonds. The van der Waals surface area contributed by atoms with Gasteiger partial charge in [0.25, 0.3) is 0 Å². The van der Waals surface area contributed by atoms with E-state index < -0.39 is 0 Å². The zero-order valence-electron chi connectivity index (χ0n) is 12.3. The van der Waals surface area contributed by atoms with Crippen molar-refractivity contribution < 1.29 is 0 Å². The maximum atomic E-state index is 8.85. The fourth-order valence-electron chi connectivity index (χ4n) is 2.05. The Labute approximate surface area is 133 Å². The van der Waals surface area contributed by atoms with E-state index in [0.29, 0.717) is 5.56 Å². The van der Waals surface area contributed by atoms with E-state index in [1.165, 1.54) is 0 Å². The molecule has 0 aliphatic carbocycles. The van der Waals surface area contributed by atoms with E-state index in [-0.39, 0.29) is 0 Å². The predicted molar refractivity (Wildman–Crippen MR) is 89.8 cm³/mol. The second kappa shape index (κ2) is 5.96. The van der Waals surface area contributed by atoms with E-state index in [9.17, 15) is 0 Å². The van der Waals surface area contributed by atoms with E-state index in [4.69, 9.17) is 10.2 Å². The van der Waals surface area contributed by atoms with Gasteiger partial charge in [0.05, 0.1) is 17.3 Å². The number of hydrogen-bond acceptors (Lipinski definition) is 5. The Balaban J connectivity index is 1.93. The van der Waals surface area contributed by atoms with Gasteiger partial charge in [-0.05, 0) is 24.3 Å². The molecule has 0 spiro atoms. The summed E-state index contributed by atoms with van der Waals surface area (Å²) in [5.74, 6) is 0.910. The molecule has 0 bridgehead atoms. The van der Waals surface area contributed by atoms with Crippen LogP contribution < -0.4 is 4.90 Å². The van der Waals surface area contributed by atoms with Crippen LogP contribution in [0.25, 0.3) is 21.8 Å². The summed E-state index contributed by atoms with van der Waals surface area (Å²) >= 11 is 1.61. The third-order valence-corrected chi connectivity index (χ3v) is 4.16. The highest BCUT2D eigenvalue weighted by Gasteiger charge is 2.08. The fraction of sp³-hybridized carbons (Fsp3) is 0.118. The van der Waals surface area contributed by atoms with Crippen LogP contribution in [0.5, 0.6) is 0 Å². The van der Waals surface area contributed by atoms with Gasteiger partial charge in [0.2, 0.25) is 0 Å². The molecule has 4 nitrogen and oxygen atoms in total. The van der Waals surface area contributed by atoms with Gasteiger partial charge in [0.1, 0.15) is 10.8 Å². The van der Waals surface area contributed by atoms with E-state index in [0.717, 1.165) is 27.6 Å². The summed E-state index contributed by atoms with van der Waals surface area (Å²) in [5.41, 5.74) is 3.66. The molecule has 0 fully saturated rings. The maximum absolute atomic E-state index is 8.85. The third-order valence-electron chi connectivity index (χ3n) is 3.26. The molecule has 2 aromatic heterocycles. The van der Waals surface area contributed by atoms with Crippen molar-refractivity contribution in [2.45, 2.75) is 0 Å². The zero-order chi connectivity index (χ0) is 15.5. The molecule has 2 heterocycles. The Hall–Kier alpha value is -2.71. The summed E-state index contributed by atoms with van der Waals surface area (Å²) in [6.45, 7) is 0. The number of anilines is 1. The molecule has 3 rings (SSSR count). The number of pyridine rings is 1. The van der Waals surface area contributed by atoms with Gasteiger partial charge in [-0.3, -0.25) is 0 Å². The molecule has 0 aliphatic rings. The first-order valence-electron chi connectivity index (χ1n) is 6.77. The first-order chi connectivity index (χ1) is 10.7. The molecular weight excluding hydrogens is 292 g/mol. The minimum Gasteiger partial charge on any atom is -0.363 e. The highest BCUT2D eigenvalue weighted by Crippen LogP contribution is 2.30. The van der Waals surface area contributed by atoms with Crippen molar-refractivity contribution in [3.8, 4) is 27.9 Å². The summed E-state index contributed by atoms with van der Waals surface area (Å²) < 4.78 is 0. The Bertz CT molecular complexity index is 828. The largest absolute Gasteiger partial charge is 0.363 e. The van der Waals surface area contributed by atoms with E-state index in [1.807, 2.05) is 60.8 Å². The monoisotopic (exact) mass is 306 g/mol. The Morgan fingerprint density at radius 2 is 1.86 bits per heavy atom. The van der Waals surface area contributed by atoms with E-state index in [1.54, 1.807) is 17.5 Å². The molecule has 22 heavy (non-hydrogen) atoms. The third kappa shape index (κ3) is 2.83. The van der Waals surface area contributed by atoms with Crippen LogP contribution in [0.4, 0.5) is 5.82 Å². The molecule has 108 valence electrons. The number of nitrogens with zero attached hydrogens (tertiary/aromatic N) is 4. The molecule has 5 heteroatoms. The normalized spacial score (nSPS) is 10.2. The lowest BCUT2D eigenvalue weighted by Crippen LogP contribution is -2.10. The number of benzene rings is 1. The second-order valence-corrected chi connectivity index (χ2v) is 5.88. The first kappa shape index (κ1) is 14.2. The van der Waals surface area contributed by atoms with Crippen LogP contribution in [0.15, 0.2) is 48.0 Å². The quantitative estimate of drug-likeness (QED) is 0.738. The number of hydrogen-bond donors (Lipinski definition) is 0. The number of aromatic nitrogens is 2. The van der Waals surface area contributed by atoms with Gasteiger partial charge in [-0.25, -0.2) is 9.97 Å². The van der Waals surface area contributed by atoms with Crippen molar-refractivity contribution in [3.05, 3.63) is 53.5 Å². The smallest absolute Gasteiger partial charge is 0.128 e. The Morgan fingerprint density at radius 1 is 1.09 bits per heavy atom. The minimum absolute atomic E-state index is 0.656. The summed E-state index contributed by atoms with van der Waals surface area (Å²) in [6, 6.07) is 13.6. The molecule has 0 atom stereocenters. The van der Waals surface area contributed by atoms with Crippen LogP contribution in [-0.4, -0.2) is 24.1 Å². The molecule has 0 saturated carbocycles. The van der Waals surface area contributed by atoms with Crippen LogP contribution in [0, 0.1) is 11.3 Å². The first-order valence-corrected chi connectivity index (χ1v) is 7.65. The molecule has 0 saturated heterocycles. The molecule has 0 radical (unpaired) electrons. The summed E-state index contributed by atoms with van der Waals surface area (Å²) in [5, 5.41) is 11.8. The summed E-state index contributed by atoms with van der Waals surface area (Å²) in [7, 11) is 3.94. The van der Waals surface area contributed by atoms with Gasteiger partial charge >= 0.3 is 0 Å². The lowest BCUT2D eigenvalue weighted by atomic mass is 10.1. The average Bonchev–Trinajstić information content (AvgIpc) is 3.05. The van der Waals surface area contributed by atoms with Gasteiger partial charge in [-0.1, -0.05) is 12.1 Å². The van der Waals surface area contributed by atoms with Crippen molar-refractivity contribution in [1.82, 2.24) is 9.97 Å². The summed E-state index contributed by atoms with van der Waals surface area (Å²) in [6.07, 6.45) is 1.80. The van der Waals surface area contributed by atoms with Gasteiger partial charge in [-0.2, -0.15) is 5.26 Å². The minimum atomic E-state index is 0.656. The Kier molecular flexibility index (Phi) is 3.86. The fourth-order valence-corrected chi connectivity index (χ4v) is 2.88. The highest BCUT2D eigenvalue weighted by atomic mass is 32.1. The van der Waals surface area contributed by atoms with Crippen molar-refractivity contribution in [3.63, 3.8) is 0 Å². The number of nitriles is 1. The SMILES string of the molecule is CN(C)c1cc(-c2nc(-c3ccc(C#N)cc3)cs2)ccn1. The molecule has 3 aromatic rings. The molecule has 0 N–H and O–H groups in total. The zero-order valence-corrected chi connectivity index (χ0v) is 13.1. The Morgan fingerprint density at radius 3 is 2.55 bits per heavy atom. The van der Waals surface area contributed by atoms with Crippen molar-refractivity contribution in [1.29, 1.82) is 5.26 Å². The maximum Gasteiger partial charge on any atom is 0.128 e. The van der Waals surface area contributed by atoms with Gasteiger partial charge < -0.3 is 4.90 Å². The van der Waals surface area contributed by atoms with Crippen molar-refractivity contribution in [2.75, 3.05) is 19.0 Å². The molecular formula is C17H14N4S. The van der Waals surface area contributed by atoms with Crippen LogP contribution in [-0.2, 0) is 0 Å². The lowest BCUT2D eigenvalue weighted by molar-refractivity contribution is 1.07.